The van der Waals surface area contributed by atoms with Gasteiger partial charge < -0.3 is 34.6 Å². The number of halogens is 1. The van der Waals surface area contributed by atoms with Crippen LogP contribution in [0.2, 0.25) is 0 Å². The zero-order valence-corrected chi connectivity index (χ0v) is 20.5. The number of hydrogen-bond acceptors (Lipinski definition) is 7. The number of ether oxygens (including phenoxy) is 3. The minimum Gasteiger partial charge on any atom is -0.490 e. The van der Waals surface area contributed by atoms with E-state index in [2.05, 4.69) is 0 Å². The number of rotatable bonds is 7. The second kappa shape index (κ2) is 10.8. The van der Waals surface area contributed by atoms with Crippen LogP contribution in [-0.4, -0.2) is 64.2 Å². The molecule has 4 N–H and O–H groups in total. The Hall–Kier alpha value is -3.01. The van der Waals surface area contributed by atoms with E-state index < -0.39 is 37.1 Å². The highest BCUT2D eigenvalue weighted by Crippen LogP contribution is 2.34. The molecule has 6 atom stereocenters. The van der Waals surface area contributed by atoms with Crippen molar-refractivity contribution in [2.75, 3.05) is 13.2 Å². The summed E-state index contributed by atoms with van der Waals surface area (Å²) in [5.41, 5.74) is 4.37. The fraction of sp³-hybridized carbons (Fsp3) is 0.379. The van der Waals surface area contributed by atoms with Crippen LogP contribution in [0.1, 0.15) is 33.9 Å². The number of benzene rings is 3. The summed E-state index contributed by atoms with van der Waals surface area (Å²) in [6, 6.07) is 18.2. The number of fused-ring (bicyclic) bond motifs is 1. The second-order valence-corrected chi connectivity index (χ2v) is 9.73. The summed E-state index contributed by atoms with van der Waals surface area (Å²) in [6.45, 7) is 1.84. The van der Waals surface area contributed by atoms with Gasteiger partial charge in [0.1, 0.15) is 60.5 Å². The van der Waals surface area contributed by atoms with Gasteiger partial charge in [-0.05, 0) is 59.9 Å². The third-order valence-electron chi connectivity index (χ3n) is 7.15. The third kappa shape index (κ3) is 5.35. The zero-order valence-electron chi connectivity index (χ0n) is 20.5. The molecule has 1 unspecified atom stereocenters. The van der Waals surface area contributed by atoms with Crippen molar-refractivity contribution in [1.29, 1.82) is 0 Å². The first kappa shape index (κ1) is 25.6. The largest absolute Gasteiger partial charge is 0.490 e. The van der Waals surface area contributed by atoms with Gasteiger partial charge in [0.25, 0.3) is 0 Å². The molecule has 5 rings (SSSR count). The van der Waals surface area contributed by atoms with Gasteiger partial charge in [0.2, 0.25) is 0 Å². The van der Waals surface area contributed by atoms with E-state index in [1.54, 1.807) is 12.1 Å². The van der Waals surface area contributed by atoms with Gasteiger partial charge in [0.05, 0.1) is 6.61 Å². The fourth-order valence-corrected chi connectivity index (χ4v) is 4.94. The number of aliphatic hydroxyl groups is 4. The zero-order chi connectivity index (χ0) is 26.1. The van der Waals surface area contributed by atoms with Gasteiger partial charge in [-0.3, -0.25) is 0 Å². The van der Waals surface area contributed by atoms with Gasteiger partial charge in [-0.1, -0.05) is 36.4 Å². The van der Waals surface area contributed by atoms with E-state index in [1.165, 1.54) is 6.07 Å². The molecular formula is C29H31FO7. The van der Waals surface area contributed by atoms with Crippen LogP contribution in [0.3, 0.4) is 0 Å². The maximum atomic E-state index is 13.9. The molecule has 0 saturated carbocycles. The number of aryl methyl sites for hydroxylation is 1. The van der Waals surface area contributed by atoms with E-state index in [-0.39, 0.29) is 11.9 Å². The summed E-state index contributed by atoms with van der Waals surface area (Å²) in [5.74, 6) is 1.01. The average Bonchev–Trinajstić information content (AvgIpc) is 3.33. The molecule has 1 saturated heterocycles. The Morgan fingerprint density at radius 1 is 0.973 bits per heavy atom. The first-order valence-electron chi connectivity index (χ1n) is 12.4. The molecule has 2 aliphatic heterocycles. The molecule has 37 heavy (non-hydrogen) atoms. The Balaban J connectivity index is 1.22. The summed E-state index contributed by atoms with van der Waals surface area (Å²) in [5, 5.41) is 40.2. The van der Waals surface area contributed by atoms with Gasteiger partial charge in [-0.15, -0.1) is 0 Å². The lowest BCUT2D eigenvalue weighted by Gasteiger charge is -2.40. The topological polar surface area (TPSA) is 109 Å². The van der Waals surface area contributed by atoms with Crippen LogP contribution in [0.25, 0.3) is 0 Å². The molecule has 0 spiro atoms. The molecule has 3 aromatic carbocycles. The normalized spacial score (nSPS) is 27.0. The molecule has 2 heterocycles. The average molecular weight is 511 g/mol. The maximum absolute atomic E-state index is 13.9. The molecule has 0 aliphatic carbocycles. The van der Waals surface area contributed by atoms with Crippen molar-refractivity contribution >= 4 is 0 Å². The molecule has 2 aliphatic rings. The monoisotopic (exact) mass is 510 g/mol. The molecule has 7 nitrogen and oxygen atoms in total. The van der Waals surface area contributed by atoms with Crippen molar-refractivity contribution in [3.05, 3.63) is 94.3 Å². The predicted molar refractivity (Wildman–Crippen MR) is 133 cm³/mol. The minimum atomic E-state index is -1.42. The lowest BCUT2D eigenvalue weighted by atomic mass is 9.89. The molecule has 8 heteroatoms. The summed E-state index contributed by atoms with van der Waals surface area (Å²) < 4.78 is 31.3. The standard InChI is InChI=1S/C29H31FO7/c1-16-5-8-18(29-28(34)27(33)26(32)25(14-31)37-29)12-19(16)11-17-6-9-20(10-7-17)35-15-21-13-22-23(30)3-2-4-24(22)36-21/h2-10,12,21,25-29,31-34H,11,13-15H2,1H3/t21?,25-,26-,27+,28-,29+/m1/s1. The van der Waals surface area contributed by atoms with Gasteiger partial charge in [-0.2, -0.15) is 0 Å². The van der Waals surface area contributed by atoms with E-state index in [0.717, 1.165) is 16.7 Å². The summed E-state index contributed by atoms with van der Waals surface area (Å²) in [7, 11) is 0. The molecule has 0 bridgehead atoms. The molecular weight excluding hydrogens is 479 g/mol. The minimum absolute atomic E-state index is 0.237. The molecule has 0 radical (unpaired) electrons. The van der Waals surface area contributed by atoms with Crippen molar-refractivity contribution in [2.45, 2.75) is 56.4 Å². The first-order chi connectivity index (χ1) is 17.8. The lowest BCUT2D eigenvalue weighted by Crippen LogP contribution is -2.55. The molecule has 1 fully saturated rings. The van der Waals surface area contributed by atoms with E-state index in [9.17, 15) is 24.8 Å². The summed E-state index contributed by atoms with van der Waals surface area (Å²) in [6.07, 6.45) is -5.10. The number of hydrogen-bond donors (Lipinski definition) is 4. The Bertz CT molecular complexity index is 1230. The van der Waals surface area contributed by atoms with Crippen molar-refractivity contribution in [1.82, 2.24) is 0 Å². The van der Waals surface area contributed by atoms with Crippen LogP contribution in [-0.2, 0) is 17.6 Å². The van der Waals surface area contributed by atoms with Crippen molar-refractivity contribution in [2.24, 2.45) is 0 Å². The fourth-order valence-electron chi connectivity index (χ4n) is 4.94. The molecule has 0 amide bonds. The lowest BCUT2D eigenvalue weighted by molar-refractivity contribution is -0.231. The first-order valence-corrected chi connectivity index (χ1v) is 12.4. The Kier molecular flexibility index (Phi) is 7.46. The summed E-state index contributed by atoms with van der Waals surface area (Å²) >= 11 is 0. The summed E-state index contributed by atoms with van der Waals surface area (Å²) in [4.78, 5) is 0. The second-order valence-electron chi connectivity index (χ2n) is 9.73. The highest BCUT2D eigenvalue weighted by Gasteiger charge is 2.44. The predicted octanol–water partition coefficient (Wildman–Crippen LogP) is 2.62. The van der Waals surface area contributed by atoms with E-state index in [0.29, 0.717) is 42.1 Å². The van der Waals surface area contributed by atoms with Crippen LogP contribution >= 0.6 is 0 Å². The molecule has 0 aromatic heterocycles. The van der Waals surface area contributed by atoms with Crippen LogP contribution < -0.4 is 9.47 Å². The maximum Gasteiger partial charge on any atom is 0.137 e. The molecule has 196 valence electrons. The van der Waals surface area contributed by atoms with Gasteiger partial charge in [0, 0.05) is 12.0 Å². The van der Waals surface area contributed by atoms with Crippen LogP contribution in [0.15, 0.2) is 60.7 Å². The Morgan fingerprint density at radius 2 is 1.76 bits per heavy atom. The van der Waals surface area contributed by atoms with Crippen molar-refractivity contribution in [3.8, 4) is 11.5 Å². The van der Waals surface area contributed by atoms with Crippen molar-refractivity contribution < 1.29 is 39.0 Å². The third-order valence-corrected chi connectivity index (χ3v) is 7.15. The smallest absolute Gasteiger partial charge is 0.137 e. The van der Waals surface area contributed by atoms with E-state index in [1.807, 2.05) is 49.4 Å². The van der Waals surface area contributed by atoms with E-state index >= 15 is 0 Å². The number of aliphatic hydroxyl groups excluding tert-OH is 4. The highest BCUT2D eigenvalue weighted by atomic mass is 19.1. The molecule has 3 aromatic rings. The van der Waals surface area contributed by atoms with Crippen LogP contribution in [0.5, 0.6) is 11.5 Å². The van der Waals surface area contributed by atoms with Gasteiger partial charge in [-0.25, -0.2) is 4.39 Å². The SMILES string of the molecule is Cc1ccc([C@@H]2O[C@H](CO)[C@@H](O)[C@H](O)[C@H]2O)cc1Cc1ccc(OCC2Cc3c(F)cccc3O2)cc1. The van der Waals surface area contributed by atoms with Gasteiger partial charge >= 0.3 is 0 Å². The Labute approximate surface area is 214 Å². The van der Waals surface area contributed by atoms with Gasteiger partial charge in [0.15, 0.2) is 0 Å². The van der Waals surface area contributed by atoms with Crippen LogP contribution in [0, 0.1) is 12.7 Å². The quantitative estimate of drug-likeness (QED) is 0.387. The van der Waals surface area contributed by atoms with Crippen LogP contribution in [0.4, 0.5) is 4.39 Å². The van der Waals surface area contributed by atoms with Crippen molar-refractivity contribution in [3.63, 3.8) is 0 Å². The highest BCUT2D eigenvalue weighted by molar-refractivity contribution is 5.40. The van der Waals surface area contributed by atoms with E-state index in [4.69, 9.17) is 14.2 Å². The Morgan fingerprint density at radius 3 is 2.49 bits per heavy atom.